The van der Waals surface area contributed by atoms with Gasteiger partial charge in [0.2, 0.25) is 0 Å². The van der Waals surface area contributed by atoms with Crippen LogP contribution in [0, 0.1) is 5.92 Å². The van der Waals surface area contributed by atoms with Gasteiger partial charge in [-0.05, 0) is 46.5 Å². The standard InChI is InChI=1S/C16H30N4/c1-13(14-9-7-5-6-8-10-14)17-11-15-12-20(19-18-15)16(2,3)4/h12-14,17H,5-11H2,1-4H3/t13-/m0/s1. The Hall–Kier alpha value is -0.900. The average molecular weight is 278 g/mol. The van der Waals surface area contributed by atoms with Crippen LogP contribution in [-0.2, 0) is 12.1 Å². The smallest absolute Gasteiger partial charge is 0.0965 e. The normalized spacial score (nSPS) is 19.8. The molecule has 0 aliphatic heterocycles. The molecule has 20 heavy (non-hydrogen) atoms. The van der Waals surface area contributed by atoms with Crippen molar-refractivity contribution in [1.82, 2.24) is 20.3 Å². The molecule has 1 N–H and O–H groups in total. The molecule has 0 radical (unpaired) electrons. The first-order valence-corrected chi connectivity index (χ1v) is 8.12. The first kappa shape index (κ1) is 15.5. The van der Waals surface area contributed by atoms with Gasteiger partial charge in [0.25, 0.3) is 0 Å². The van der Waals surface area contributed by atoms with Crippen LogP contribution in [0.3, 0.4) is 0 Å². The molecule has 0 spiro atoms. The number of hydrogen-bond acceptors (Lipinski definition) is 3. The quantitative estimate of drug-likeness (QED) is 0.857. The molecular weight excluding hydrogens is 248 g/mol. The lowest BCUT2D eigenvalue weighted by molar-refractivity contribution is 0.335. The number of aromatic nitrogens is 3. The van der Waals surface area contributed by atoms with Crippen molar-refractivity contribution in [3.63, 3.8) is 0 Å². The minimum absolute atomic E-state index is 0.0121. The van der Waals surface area contributed by atoms with Gasteiger partial charge in [-0.15, -0.1) is 5.10 Å². The molecule has 1 aliphatic rings. The Morgan fingerprint density at radius 1 is 1.25 bits per heavy atom. The summed E-state index contributed by atoms with van der Waals surface area (Å²) in [5.74, 6) is 0.829. The lowest BCUT2D eigenvalue weighted by Crippen LogP contribution is -2.33. The van der Waals surface area contributed by atoms with Crippen molar-refractivity contribution in [1.29, 1.82) is 0 Å². The largest absolute Gasteiger partial charge is 0.308 e. The van der Waals surface area contributed by atoms with E-state index in [1.807, 2.05) is 4.68 Å². The topological polar surface area (TPSA) is 42.7 Å². The highest BCUT2D eigenvalue weighted by molar-refractivity contribution is 4.94. The zero-order chi connectivity index (χ0) is 14.6. The molecule has 1 aromatic rings. The van der Waals surface area contributed by atoms with E-state index in [2.05, 4.69) is 49.5 Å². The predicted molar refractivity (Wildman–Crippen MR) is 82.5 cm³/mol. The highest BCUT2D eigenvalue weighted by Gasteiger charge is 2.19. The van der Waals surface area contributed by atoms with Crippen molar-refractivity contribution in [3.05, 3.63) is 11.9 Å². The Balaban J connectivity index is 1.83. The van der Waals surface area contributed by atoms with Crippen LogP contribution >= 0.6 is 0 Å². The summed E-state index contributed by atoms with van der Waals surface area (Å²) in [4.78, 5) is 0. The van der Waals surface area contributed by atoms with E-state index >= 15 is 0 Å². The third-order valence-corrected chi connectivity index (χ3v) is 4.44. The summed E-state index contributed by atoms with van der Waals surface area (Å²) < 4.78 is 1.94. The number of hydrogen-bond donors (Lipinski definition) is 1. The SMILES string of the molecule is C[C@H](NCc1cn(C(C)(C)C)nn1)C1CCCCCC1. The van der Waals surface area contributed by atoms with Crippen LogP contribution in [0.2, 0.25) is 0 Å². The Labute approximate surface area is 123 Å². The Morgan fingerprint density at radius 2 is 1.90 bits per heavy atom. The van der Waals surface area contributed by atoms with E-state index in [0.29, 0.717) is 6.04 Å². The molecule has 1 heterocycles. The van der Waals surface area contributed by atoms with Crippen LogP contribution in [-0.4, -0.2) is 21.0 Å². The van der Waals surface area contributed by atoms with E-state index in [4.69, 9.17) is 0 Å². The fourth-order valence-electron chi connectivity index (χ4n) is 2.95. The molecular formula is C16H30N4. The van der Waals surface area contributed by atoms with Crippen molar-refractivity contribution in [2.75, 3.05) is 0 Å². The van der Waals surface area contributed by atoms with Gasteiger partial charge in [0, 0.05) is 12.6 Å². The molecule has 0 aromatic carbocycles. The van der Waals surface area contributed by atoms with Gasteiger partial charge in [-0.1, -0.05) is 30.9 Å². The van der Waals surface area contributed by atoms with Gasteiger partial charge < -0.3 is 5.32 Å². The third kappa shape index (κ3) is 4.30. The lowest BCUT2D eigenvalue weighted by Gasteiger charge is -2.23. The van der Waals surface area contributed by atoms with Crippen molar-refractivity contribution >= 4 is 0 Å². The molecule has 1 saturated carbocycles. The molecule has 0 unspecified atom stereocenters. The van der Waals surface area contributed by atoms with Gasteiger partial charge in [0.15, 0.2) is 0 Å². The molecule has 0 bridgehead atoms. The molecule has 2 rings (SSSR count). The van der Waals surface area contributed by atoms with Crippen molar-refractivity contribution in [3.8, 4) is 0 Å². The van der Waals surface area contributed by atoms with E-state index in [9.17, 15) is 0 Å². The van der Waals surface area contributed by atoms with E-state index in [-0.39, 0.29) is 5.54 Å². The zero-order valence-corrected chi connectivity index (χ0v) is 13.5. The number of rotatable bonds is 4. The zero-order valence-electron chi connectivity index (χ0n) is 13.5. The molecule has 1 atom stereocenters. The molecule has 4 nitrogen and oxygen atoms in total. The monoisotopic (exact) mass is 278 g/mol. The molecule has 0 amide bonds. The highest BCUT2D eigenvalue weighted by atomic mass is 15.4. The summed E-state index contributed by atoms with van der Waals surface area (Å²) in [5.41, 5.74) is 1.05. The van der Waals surface area contributed by atoms with E-state index in [0.717, 1.165) is 18.2 Å². The van der Waals surface area contributed by atoms with Gasteiger partial charge in [-0.25, -0.2) is 4.68 Å². The summed E-state index contributed by atoms with van der Waals surface area (Å²) in [7, 11) is 0. The first-order chi connectivity index (χ1) is 9.47. The Bertz CT molecular complexity index is 397. The maximum Gasteiger partial charge on any atom is 0.0965 e. The van der Waals surface area contributed by atoms with Gasteiger partial charge in [0.05, 0.1) is 17.4 Å². The van der Waals surface area contributed by atoms with Crippen LogP contribution in [0.1, 0.15) is 71.9 Å². The summed E-state index contributed by atoms with van der Waals surface area (Å²) in [5, 5.41) is 12.1. The Morgan fingerprint density at radius 3 is 2.45 bits per heavy atom. The van der Waals surface area contributed by atoms with E-state index in [1.54, 1.807) is 0 Å². The minimum atomic E-state index is 0.0121. The fourth-order valence-corrected chi connectivity index (χ4v) is 2.95. The van der Waals surface area contributed by atoms with Crippen LogP contribution in [0.25, 0.3) is 0 Å². The fraction of sp³-hybridized carbons (Fsp3) is 0.875. The third-order valence-electron chi connectivity index (χ3n) is 4.44. The summed E-state index contributed by atoms with van der Waals surface area (Å²) in [6.45, 7) is 9.59. The van der Waals surface area contributed by atoms with E-state index in [1.165, 1.54) is 38.5 Å². The molecule has 1 aliphatic carbocycles. The molecule has 1 aromatic heterocycles. The van der Waals surface area contributed by atoms with Crippen LogP contribution < -0.4 is 5.32 Å². The number of nitrogens with zero attached hydrogens (tertiary/aromatic N) is 3. The molecule has 4 heteroatoms. The maximum absolute atomic E-state index is 4.27. The molecule has 114 valence electrons. The summed E-state index contributed by atoms with van der Waals surface area (Å²) in [6, 6.07) is 0.577. The van der Waals surface area contributed by atoms with Crippen molar-refractivity contribution in [2.45, 2.75) is 84.3 Å². The molecule has 1 fully saturated rings. The second kappa shape index (κ2) is 6.70. The van der Waals surface area contributed by atoms with Gasteiger partial charge in [-0.3, -0.25) is 0 Å². The lowest BCUT2D eigenvalue weighted by atomic mass is 9.93. The van der Waals surface area contributed by atoms with Gasteiger partial charge in [0.1, 0.15) is 0 Å². The minimum Gasteiger partial charge on any atom is -0.308 e. The second-order valence-corrected chi connectivity index (χ2v) is 7.25. The summed E-state index contributed by atoms with van der Waals surface area (Å²) >= 11 is 0. The molecule has 0 saturated heterocycles. The van der Waals surface area contributed by atoms with Crippen LogP contribution in [0.4, 0.5) is 0 Å². The van der Waals surface area contributed by atoms with Gasteiger partial charge >= 0.3 is 0 Å². The van der Waals surface area contributed by atoms with Crippen molar-refractivity contribution in [2.24, 2.45) is 5.92 Å². The Kier molecular flexibility index (Phi) is 5.19. The second-order valence-electron chi connectivity index (χ2n) is 7.25. The maximum atomic E-state index is 4.27. The highest BCUT2D eigenvalue weighted by Crippen LogP contribution is 2.25. The van der Waals surface area contributed by atoms with Crippen LogP contribution in [0.5, 0.6) is 0 Å². The number of nitrogens with one attached hydrogen (secondary N) is 1. The van der Waals surface area contributed by atoms with Crippen molar-refractivity contribution < 1.29 is 0 Å². The average Bonchev–Trinajstić information content (AvgIpc) is 2.70. The summed E-state index contributed by atoms with van der Waals surface area (Å²) in [6.07, 6.45) is 10.5. The van der Waals surface area contributed by atoms with E-state index < -0.39 is 0 Å². The predicted octanol–water partition coefficient (Wildman–Crippen LogP) is 3.48. The van der Waals surface area contributed by atoms with Gasteiger partial charge in [-0.2, -0.15) is 0 Å². The van der Waals surface area contributed by atoms with Crippen LogP contribution in [0.15, 0.2) is 6.20 Å². The first-order valence-electron chi connectivity index (χ1n) is 8.12.